The maximum Gasteiger partial charge on any atom is 0.173 e. The van der Waals surface area contributed by atoms with Gasteiger partial charge < -0.3 is 4.74 Å². The van der Waals surface area contributed by atoms with Gasteiger partial charge in [0.15, 0.2) is 7.11 Å². The zero-order valence-electron chi connectivity index (χ0n) is 12.5. The van der Waals surface area contributed by atoms with Crippen molar-refractivity contribution >= 4 is 0 Å². The summed E-state index contributed by atoms with van der Waals surface area (Å²) >= 11 is 0. The average molecular weight is 253 g/mol. The third-order valence-corrected chi connectivity index (χ3v) is 3.60. The van der Waals surface area contributed by atoms with Crippen LogP contribution in [0.3, 0.4) is 0 Å². The number of hydrogen-bond acceptors (Lipinski definition) is 1. The Hall–Kier alpha value is -0.0400. The van der Waals surface area contributed by atoms with E-state index in [2.05, 4.69) is 11.7 Å². The molecule has 107 valence electrons. The number of hydrogen-bond donors (Lipinski definition) is 0. The van der Waals surface area contributed by atoms with Crippen LogP contribution in [0.4, 0.5) is 0 Å². The summed E-state index contributed by atoms with van der Waals surface area (Å²) in [5, 5.41) is 0. The van der Waals surface area contributed by atoms with Crippen LogP contribution >= 0.6 is 0 Å². The van der Waals surface area contributed by atoms with Gasteiger partial charge in [0.1, 0.15) is 0 Å². The van der Waals surface area contributed by atoms with Gasteiger partial charge in [-0.1, -0.05) is 90.4 Å². The normalized spacial score (nSPS) is 11.0. The summed E-state index contributed by atoms with van der Waals surface area (Å²) in [7, 11) is 6.57. The van der Waals surface area contributed by atoms with Gasteiger partial charge in [0.2, 0.25) is 0 Å². The van der Waals surface area contributed by atoms with E-state index in [0.29, 0.717) is 6.61 Å². The summed E-state index contributed by atoms with van der Waals surface area (Å²) in [6.07, 6.45) is 19.2. The van der Waals surface area contributed by atoms with Crippen LogP contribution in [0.1, 0.15) is 96.8 Å². The van der Waals surface area contributed by atoms with Gasteiger partial charge in [-0.3, -0.25) is 0 Å². The van der Waals surface area contributed by atoms with Crippen molar-refractivity contribution in [3.8, 4) is 0 Å². The second kappa shape index (κ2) is 17.0. The van der Waals surface area contributed by atoms with Crippen molar-refractivity contribution in [2.45, 2.75) is 96.8 Å². The molecule has 0 aromatic heterocycles. The van der Waals surface area contributed by atoms with Gasteiger partial charge in [0.25, 0.3) is 0 Å². The Balaban J connectivity index is 2.86. The molecule has 0 aliphatic carbocycles. The van der Waals surface area contributed by atoms with Crippen LogP contribution in [-0.2, 0) is 4.74 Å². The molecule has 0 aromatic carbocycles. The first-order chi connectivity index (χ1) is 8.91. The highest BCUT2D eigenvalue weighted by Gasteiger charge is 1.93. The largest absolute Gasteiger partial charge is 0.365 e. The first-order valence-corrected chi connectivity index (χ1v) is 8.20. The average Bonchev–Trinajstić information content (AvgIpc) is 2.39. The van der Waals surface area contributed by atoms with Crippen molar-refractivity contribution < 1.29 is 4.74 Å². The minimum atomic E-state index is 0.609. The number of ether oxygens (including phenoxy) is 1. The van der Waals surface area contributed by atoms with Crippen LogP contribution in [0.25, 0.3) is 0 Å². The fourth-order valence-electron chi connectivity index (χ4n) is 2.37. The second-order valence-electron chi connectivity index (χ2n) is 5.44. The molecule has 0 aliphatic heterocycles. The number of unbranched alkanes of at least 4 members (excludes halogenated alkanes) is 13. The van der Waals surface area contributed by atoms with Gasteiger partial charge in [-0.2, -0.15) is 0 Å². The fourth-order valence-corrected chi connectivity index (χ4v) is 2.37. The smallest absolute Gasteiger partial charge is 0.173 e. The molecule has 0 rings (SSSR count). The first-order valence-electron chi connectivity index (χ1n) is 8.20. The fraction of sp³-hybridized carbons (Fsp3) is 0.941. The van der Waals surface area contributed by atoms with E-state index in [9.17, 15) is 0 Å². The lowest BCUT2D eigenvalue weighted by Crippen LogP contribution is -1.87. The van der Waals surface area contributed by atoms with Crippen molar-refractivity contribution in [1.29, 1.82) is 0 Å². The molecule has 0 fully saturated rings. The zero-order chi connectivity index (χ0) is 13.3. The van der Waals surface area contributed by atoms with Crippen LogP contribution in [0, 0.1) is 7.11 Å². The van der Waals surface area contributed by atoms with E-state index in [1.807, 2.05) is 0 Å². The molecule has 3 radical (unpaired) electrons. The molecule has 0 aliphatic rings. The molecular formula is C17H33O. The molecule has 0 atom stereocenters. The summed E-state index contributed by atoms with van der Waals surface area (Å²) in [4.78, 5) is 0. The van der Waals surface area contributed by atoms with Crippen molar-refractivity contribution in [3.63, 3.8) is 0 Å². The molecule has 18 heavy (non-hydrogen) atoms. The quantitative estimate of drug-likeness (QED) is 0.324. The Labute approximate surface area is 116 Å². The molecule has 0 unspecified atom stereocenters. The van der Waals surface area contributed by atoms with E-state index < -0.39 is 0 Å². The highest BCUT2D eigenvalue weighted by molar-refractivity contribution is 4.49. The Morgan fingerprint density at radius 3 is 1.22 bits per heavy atom. The predicted molar refractivity (Wildman–Crippen MR) is 79.5 cm³/mol. The Morgan fingerprint density at radius 2 is 0.889 bits per heavy atom. The van der Waals surface area contributed by atoms with Gasteiger partial charge in [0, 0.05) is 6.61 Å². The van der Waals surface area contributed by atoms with Crippen LogP contribution in [-0.4, -0.2) is 6.61 Å². The van der Waals surface area contributed by atoms with Crippen LogP contribution in [0.15, 0.2) is 0 Å². The first kappa shape index (κ1) is 18.0. The maximum atomic E-state index is 6.57. The van der Waals surface area contributed by atoms with E-state index in [-0.39, 0.29) is 0 Å². The van der Waals surface area contributed by atoms with Gasteiger partial charge in [-0.25, -0.2) is 0 Å². The molecule has 0 N–H and O–H groups in total. The van der Waals surface area contributed by atoms with Gasteiger partial charge in [-0.15, -0.1) is 0 Å². The van der Waals surface area contributed by atoms with Crippen molar-refractivity contribution in [2.75, 3.05) is 6.61 Å². The maximum absolute atomic E-state index is 6.57. The molecule has 1 heteroatoms. The highest BCUT2D eigenvalue weighted by Crippen LogP contribution is 2.12. The standard InChI is InChI=1S/C17H33O/c1-3-4-5-6-7-8-9-10-11-12-13-14-15-16-17-18-2/h3-17H2,1H3. The molecule has 0 amide bonds. The topological polar surface area (TPSA) is 9.23 Å². The minimum Gasteiger partial charge on any atom is -0.365 e. The lowest BCUT2D eigenvalue weighted by molar-refractivity contribution is 0.233. The number of rotatable bonds is 15. The molecule has 0 spiro atoms. The molecule has 0 aromatic rings. The van der Waals surface area contributed by atoms with E-state index in [1.165, 1.54) is 83.5 Å². The predicted octanol–water partition coefficient (Wildman–Crippen LogP) is 6.03. The molecular weight excluding hydrogens is 220 g/mol. The van der Waals surface area contributed by atoms with Crippen molar-refractivity contribution in [3.05, 3.63) is 7.11 Å². The third kappa shape index (κ3) is 16.0. The minimum absolute atomic E-state index is 0.609. The van der Waals surface area contributed by atoms with E-state index in [0.717, 1.165) is 6.42 Å². The summed E-state index contributed by atoms with van der Waals surface area (Å²) < 4.78 is 4.30. The molecule has 0 saturated heterocycles. The highest BCUT2D eigenvalue weighted by atomic mass is 16.5. The van der Waals surface area contributed by atoms with Crippen molar-refractivity contribution in [1.82, 2.24) is 0 Å². The van der Waals surface area contributed by atoms with Gasteiger partial charge in [0.05, 0.1) is 0 Å². The van der Waals surface area contributed by atoms with Crippen LogP contribution < -0.4 is 0 Å². The van der Waals surface area contributed by atoms with Crippen LogP contribution in [0.2, 0.25) is 0 Å². The summed E-state index contributed by atoms with van der Waals surface area (Å²) in [5.41, 5.74) is 0. The lowest BCUT2D eigenvalue weighted by Gasteiger charge is -2.03. The zero-order valence-corrected chi connectivity index (χ0v) is 12.5. The Morgan fingerprint density at radius 1 is 0.556 bits per heavy atom. The third-order valence-electron chi connectivity index (χ3n) is 3.60. The molecule has 0 saturated carbocycles. The van der Waals surface area contributed by atoms with Crippen molar-refractivity contribution in [2.24, 2.45) is 0 Å². The molecule has 0 heterocycles. The Bertz CT molecular complexity index is 118. The van der Waals surface area contributed by atoms with Gasteiger partial charge >= 0.3 is 0 Å². The molecule has 1 nitrogen and oxygen atoms in total. The van der Waals surface area contributed by atoms with E-state index >= 15 is 0 Å². The van der Waals surface area contributed by atoms with E-state index in [1.54, 1.807) is 0 Å². The summed E-state index contributed by atoms with van der Waals surface area (Å²) in [6, 6.07) is 0. The van der Waals surface area contributed by atoms with Gasteiger partial charge in [-0.05, 0) is 6.42 Å². The van der Waals surface area contributed by atoms with E-state index in [4.69, 9.17) is 7.11 Å². The summed E-state index contributed by atoms with van der Waals surface area (Å²) in [5.74, 6) is 0. The summed E-state index contributed by atoms with van der Waals surface area (Å²) in [6.45, 7) is 2.89. The monoisotopic (exact) mass is 253 g/mol. The molecule has 0 bridgehead atoms. The lowest BCUT2D eigenvalue weighted by atomic mass is 10.0. The second-order valence-corrected chi connectivity index (χ2v) is 5.44. The Kier molecular flexibility index (Phi) is 16.9. The van der Waals surface area contributed by atoms with Crippen LogP contribution in [0.5, 0.6) is 0 Å². The SMILES string of the molecule is [C]OCCCCCCCCCCCCCCCC.